The van der Waals surface area contributed by atoms with Crippen molar-refractivity contribution < 1.29 is 50.1 Å². The number of anilines is 2. The quantitative estimate of drug-likeness (QED) is 0.155. The van der Waals surface area contributed by atoms with E-state index in [0.29, 0.717) is 37.7 Å². The summed E-state index contributed by atoms with van der Waals surface area (Å²) >= 11 is 0. The maximum atomic E-state index is 16.4. The number of nitrogens with zero attached hydrogens (tertiary/aromatic N) is 3. The lowest BCUT2D eigenvalue weighted by Gasteiger charge is -2.24. The lowest BCUT2D eigenvalue weighted by molar-refractivity contribution is 0.0600. The highest BCUT2D eigenvalue weighted by molar-refractivity contribution is 7.89. The van der Waals surface area contributed by atoms with Gasteiger partial charge in [-0.3, -0.25) is 4.98 Å². The Hall–Kier alpha value is -5.52. The molecule has 1 aliphatic rings. The topological polar surface area (TPSA) is 160 Å². The van der Waals surface area contributed by atoms with Crippen LogP contribution in [0.4, 0.5) is 24.5 Å². The minimum Gasteiger partial charge on any atom is -0.480 e. The zero-order valence-corrected chi connectivity index (χ0v) is 28.1. The van der Waals surface area contributed by atoms with Crippen LogP contribution in [0.3, 0.4) is 0 Å². The van der Waals surface area contributed by atoms with Gasteiger partial charge in [0.15, 0.2) is 0 Å². The Morgan fingerprint density at radius 1 is 0.882 bits per heavy atom. The molecule has 2 aromatic heterocycles. The van der Waals surface area contributed by atoms with Crippen molar-refractivity contribution in [2.24, 2.45) is 0 Å². The van der Waals surface area contributed by atoms with Crippen LogP contribution in [0.2, 0.25) is 0 Å². The minimum atomic E-state index is -4.36. The lowest BCUT2D eigenvalue weighted by atomic mass is 10.0. The van der Waals surface area contributed by atoms with E-state index in [-0.39, 0.29) is 56.8 Å². The number of pyridine rings is 1. The second kappa shape index (κ2) is 14.8. The fourth-order valence-corrected chi connectivity index (χ4v) is 6.89. The third-order valence-electron chi connectivity index (χ3n) is 7.81. The van der Waals surface area contributed by atoms with Crippen LogP contribution < -0.4 is 24.2 Å². The van der Waals surface area contributed by atoms with Gasteiger partial charge in [-0.05, 0) is 42.7 Å². The van der Waals surface area contributed by atoms with Crippen molar-refractivity contribution in [3.63, 3.8) is 0 Å². The summed E-state index contributed by atoms with van der Waals surface area (Å²) in [6.07, 6.45) is 3.28. The van der Waals surface area contributed by atoms with Gasteiger partial charge in [-0.1, -0.05) is 0 Å². The number of hydrogen-bond acceptors (Lipinski definition) is 12. The van der Waals surface area contributed by atoms with Crippen LogP contribution in [0.5, 0.6) is 23.4 Å². The van der Waals surface area contributed by atoms with Gasteiger partial charge in [0.05, 0.1) is 49.0 Å². The zero-order chi connectivity index (χ0) is 36.3. The molecule has 13 nitrogen and oxygen atoms in total. The van der Waals surface area contributed by atoms with E-state index in [2.05, 4.69) is 25.0 Å². The number of ether oxygens (including phenoxy) is 5. The number of halogens is 3. The van der Waals surface area contributed by atoms with Gasteiger partial charge in [-0.15, -0.1) is 0 Å². The first-order chi connectivity index (χ1) is 24.5. The molecule has 0 unspecified atom stereocenters. The highest BCUT2D eigenvalue weighted by Gasteiger charge is 2.28. The van der Waals surface area contributed by atoms with Gasteiger partial charge in [0.25, 0.3) is 0 Å². The van der Waals surface area contributed by atoms with E-state index in [0.717, 1.165) is 31.5 Å². The zero-order valence-electron chi connectivity index (χ0n) is 27.3. The molecule has 0 aliphatic carbocycles. The van der Waals surface area contributed by atoms with E-state index >= 15 is 4.39 Å². The summed E-state index contributed by atoms with van der Waals surface area (Å²) in [6, 6.07) is 8.62. The number of carbonyl (C=O) groups excluding carboxylic acids is 1. The van der Waals surface area contributed by atoms with Gasteiger partial charge in [0, 0.05) is 61.6 Å². The minimum absolute atomic E-state index is 0.0217. The maximum Gasteiger partial charge on any atom is 0.338 e. The van der Waals surface area contributed by atoms with Crippen LogP contribution in [-0.2, 0) is 19.5 Å². The molecule has 1 fully saturated rings. The number of sulfonamides is 1. The van der Waals surface area contributed by atoms with Gasteiger partial charge in [-0.2, -0.15) is 4.98 Å². The van der Waals surface area contributed by atoms with E-state index in [9.17, 15) is 22.0 Å². The molecule has 0 spiro atoms. The SMILES string of the molecule is COC(=O)c1cc(Nc2c(S(=O)(=O)NC3CCOCC3)cnc3cc(-c4cnc(OC)nc4OC)cc(F)c23)cc(Oc2cc(F)cc(F)c2)c1. The highest BCUT2D eigenvalue weighted by atomic mass is 32.2. The molecule has 1 aliphatic heterocycles. The number of esters is 1. The van der Waals surface area contributed by atoms with Crippen LogP contribution in [0.1, 0.15) is 23.2 Å². The Kier molecular flexibility index (Phi) is 10.2. The van der Waals surface area contributed by atoms with Gasteiger partial charge in [-0.25, -0.2) is 36.1 Å². The average molecular weight is 726 g/mol. The standard InChI is InChI=1S/C34H30F3N5O8S/c1-46-32-26(16-39-34(41-32)48-3)18-10-27(37)30-28(11-18)38-17-29(51(44,45)42-22-4-6-49-7-5-22)31(30)40-23-8-19(33(43)47-2)9-24(15-23)50-25-13-20(35)12-21(36)14-25/h8-17,22,42H,4-7H2,1-3H3,(H,38,40). The number of carbonyl (C=O) groups is 1. The van der Waals surface area contributed by atoms with Gasteiger partial charge < -0.3 is 29.0 Å². The second-order valence-electron chi connectivity index (χ2n) is 11.2. The summed E-state index contributed by atoms with van der Waals surface area (Å²) in [5.41, 5.74) is 0.326. The number of aromatic nitrogens is 3. The van der Waals surface area contributed by atoms with Crippen LogP contribution in [0, 0.1) is 17.5 Å². The summed E-state index contributed by atoms with van der Waals surface area (Å²) in [4.78, 5) is 24.8. The molecule has 2 N–H and O–H groups in total. The van der Waals surface area contributed by atoms with E-state index < -0.39 is 44.4 Å². The van der Waals surface area contributed by atoms with E-state index in [1.165, 1.54) is 44.7 Å². The fourth-order valence-electron chi connectivity index (χ4n) is 5.48. The first-order valence-electron chi connectivity index (χ1n) is 15.3. The van der Waals surface area contributed by atoms with Crippen LogP contribution in [0.25, 0.3) is 22.0 Å². The molecule has 0 bridgehead atoms. The summed E-state index contributed by atoms with van der Waals surface area (Å²) in [5.74, 6) is -3.72. The molecule has 3 aromatic carbocycles. The number of benzene rings is 3. The Morgan fingerprint density at radius 2 is 1.61 bits per heavy atom. The van der Waals surface area contributed by atoms with Crippen molar-refractivity contribution in [3.8, 4) is 34.5 Å². The monoisotopic (exact) mass is 725 g/mol. The van der Waals surface area contributed by atoms with Crippen molar-refractivity contribution in [3.05, 3.63) is 83.9 Å². The molecule has 6 rings (SSSR count). The van der Waals surface area contributed by atoms with Crippen LogP contribution in [0.15, 0.2) is 65.8 Å². The van der Waals surface area contributed by atoms with E-state index in [1.807, 2.05) is 0 Å². The molecule has 5 aromatic rings. The van der Waals surface area contributed by atoms with Crippen molar-refractivity contribution >= 4 is 38.3 Å². The molecular formula is C34H30F3N5O8S. The normalized spacial score (nSPS) is 13.5. The smallest absolute Gasteiger partial charge is 0.338 e. The average Bonchev–Trinajstić information content (AvgIpc) is 3.10. The first-order valence-corrected chi connectivity index (χ1v) is 16.8. The molecule has 0 radical (unpaired) electrons. The summed E-state index contributed by atoms with van der Waals surface area (Å²) in [7, 11) is -0.464. The number of rotatable bonds is 11. The lowest BCUT2D eigenvalue weighted by Crippen LogP contribution is -2.39. The Labute approximate surface area is 289 Å². The van der Waals surface area contributed by atoms with Crippen molar-refractivity contribution in [2.75, 3.05) is 39.9 Å². The predicted octanol–water partition coefficient (Wildman–Crippen LogP) is 5.91. The third-order valence-corrected chi connectivity index (χ3v) is 9.34. The molecule has 1 saturated heterocycles. The van der Waals surface area contributed by atoms with Gasteiger partial charge >= 0.3 is 12.0 Å². The van der Waals surface area contributed by atoms with Crippen LogP contribution in [-0.4, -0.2) is 69.9 Å². The number of fused-ring (bicyclic) bond motifs is 1. The van der Waals surface area contributed by atoms with Crippen molar-refractivity contribution in [1.29, 1.82) is 0 Å². The molecule has 0 atom stereocenters. The molecular weight excluding hydrogens is 695 g/mol. The van der Waals surface area contributed by atoms with Crippen molar-refractivity contribution in [1.82, 2.24) is 19.7 Å². The first kappa shape index (κ1) is 35.3. The maximum absolute atomic E-state index is 16.4. The number of methoxy groups -OCH3 is 3. The largest absolute Gasteiger partial charge is 0.480 e. The van der Waals surface area contributed by atoms with E-state index in [1.54, 1.807) is 0 Å². The Morgan fingerprint density at radius 3 is 2.29 bits per heavy atom. The van der Waals surface area contributed by atoms with Crippen molar-refractivity contribution in [2.45, 2.75) is 23.8 Å². The number of hydrogen-bond donors (Lipinski definition) is 2. The molecule has 17 heteroatoms. The van der Waals surface area contributed by atoms with Gasteiger partial charge in [0.1, 0.15) is 33.8 Å². The van der Waals surface area contributed by atoms with E-state index in [4.69, 9.17) is 23.7 Å². The highest BCUT2D eigenvalue weighted by Crippen LogP contribution is 2.39. The molecule has 51 heavy (non-hydrogen) atoms. The molecule has 3 heterocycles. The summed E-state index contributed by atoms with van der Waals surface area (Å²) in [6.45, 7) is 0.699. The second-order valence-corrected chi connectivity index (χ2v) is 12.9. The third kappa shape index (κ3) is 7.79. The molecule has 0 saturated carbocycles. The summed E-state index contributed by atoms with van der Waals surface area (Å²) < 4.78 is 101. The number of nitrogens with one attached hydrogen (secondary N) is 2. The Bertz CT molecular complexity index is 2220. The van der Waals surface area contributed by atoms with Crippen LogP contribution >= 0.6 is 0 Å². The molecule has 0 amide bonds. The Balaban J connectivity index is 1.51. The summed E-state index contributed by atoms with van der Waals surface area (Å²) in [5, 5.41) is 2.72. The predicted molar refractivity (Wildman–Crippen MR) is 177 cm³/mol. The molecule has 266 valence electrons. The fraction of sp³-hybridized carbons (Fsp3) is 0.235. The van der Waals surface area contributed by atoms with Gasteiger partial charge in [0.2, 0.25) is 15.9 Å².